The number of carbonyl (C=O) groups is 2. The van der Waals surface area contributed by atoms with Crippen molar-refractivity contribution in [2.45, 2.75) is 13.5 Å². The molecule has 0 saturated heterocycles. The van der Waals surface area contributed by atoms with Gasteiger partial charge >= 0.3 is 5.97 Å². The number of fused-ring (bicyclic) bond motifs is 1. The predicted molar refractivity (Wildman–Crippen MR) is 115 cm³/mol. The van der Waals surface area contributed by atoms with Crippen molar-refractivity contribution >= 4 is 39.1 Å². The first-order chi connectivity index (χ1) is 14.3. The molecule has 0 atom stereocenters. The lowest BCUT2D eigenvalue weighted by molar-refractivity contribution is 0.0607. The number of nitrogens with zero attached hydrogens (tertiary/aromatic N) is 4. The molecule has 0 aliphatic carbocycles. The molecule has 1 N–H and O–H groups in total. The van der Waals surface area contributed by atoms with E-state index in [-0.39, 0.29) is 5.91 Å². The number of hydrogen-bond acceptors (Lipinski definition) is 8. The molecule has 0 bridgehead atoms. The van der Waals surface area contributed by atoms with Crippen LogP contribution in [0.2, 0.25) is 0 Å². The average Bonchev–Trinajstić information content (AvgIpc) is 3.24. The van der Waals surface area contributed by atoms with E-state index in [2.05, 4.69) is 20.3 Å². The highest BCUT2D eigenvalue weighted by atomic mass is 32.1. The third kappa shape index (κ3) is 4.66. The van der Waals surface area contributed by atoms with Gasteiger partial charge in [-0.25, -0.2) is 9.78 Å². The van der Waals surface area contributed by atoms with Crippen LogP contribution in [0.4, 0.5) is 5.69 Å². The maximum atomic E-state index is 12.8. The molecule has 0 radical (unpaired) electrons. The Labute approximate surface area is 178 Å². The minimum absolute atomic E-state index is 0.303. The number of likely N-dealkylation sites (N-methyl/N-ethyl adjacent to an activating group) is 1. The second kappa shape index (κ2) is 9.33. The Morgan fingerprint density at radius 1 is 1.30 bits per heavy atom. The molecule has 10 heteroatoms. The quantitative estimate of drug-likeness (QED) is 0.547. The standard InChI is InChI=1S/C20H25N5O4S/c1-12-10-15(25(3)23-12)18(26)22-16-14-7-6-13(11-24(2)8-9-28-4)21-19(14)30-17(16)20(27)29-5/h6-7,10H,8-9,11H2,1-5H3,(H,22,26). The van der Waals surface area contributed by atoms with E-state index in [0.717, 1.165) is 17.9 Å². The Morgan fingerprint density at radius 2 is 2.07 bits per heavy atom. The maximum Gasteiger partial charge on any atom is 0.350 e. The molecule has 9 nitrogen and oxygen atoms in total. The first kappa shape index (κ1) is 21.9. The number of rotatable bonds is 8. The van der Waals surface area contributed by atoms with Crippen LogP contribution in [-0.4, -0.2) is 66.0 Å². The number of thiophene rings is 1. The summed E-state index contributed by atoms with van der Waals surface area (Å²) in [5.41, 5.74) is 2.39. The number of esters is 1. The zero-order valence-corrected chi connectivity index (χ0v) is 18.5. The number of anilines is 1. The number of nitrogens with one attached hydrogen (secondary N) is 1. The number of aromatic nitrogens is 3. The SMILES string of the molecule is COCCN(C)Cc1ccc2c(NC(=O)c3cc(C)nn3C)c(C(=O)OC)sc2n1. The van der Waals surface area contributed by atoms with E-state index in [1.54, 1.807) is 20.2 Å². The number of hydrogen-bond donors (Lipinski definition) is 1. The zero-order chi connectivity index (χ0) is 21.8. The van der Waals surface area contributed by atoms with E-state index in [1.165, 1.54) is 23.1 Å². The van der Waals surface area contributed by atoms with E-state index >= 15 is 0 Å². The summed E-state index contributed by atoms with van der Waals surface area (Å²) >= 11 is 1.20. The van der Waals surface area contributed by atoms with Crippen LogP contribution in [0.15, 0.2) is 18.2 Å². The van der Waals surface area contributed by atoms with Crippen LogP contribution in [-0.2, 0) is 23.1 Å². The molecule has 1 amide bonds. The molecule has 160 valence electrons. The molecule has 30 heavy (non-hydrogen) atoms. The topological polar surface area (TPSA) is 98.6 Å². The van der Waals surface area contributed by atoms with Crippen molar-refractivity contribution in [1.82, 2.24) is 19.7 Å². The third-order valence-corrected chi connectivity index (χ3v) is 5.65. The lowest BCUT2D eigenvalue weighted by atomic mass is 10.2. The smallest absolute Gasteiger partial charge is 0.350 e. The molecule has 0 unspecified atom stereocenters. The fourth-order valence-electron chi connectivity index (χ4n) is 3.07. The highest BCUT2D eigenvalue weighted by Gasteiger charge is 2.23. The molecule has 0 aliphatic rings. The van der Waals surface area contributed by atoms with Crippen molar-refractivity contribution in [1.29, 1.82) is 0 Å². The molecule has 3 aromatic heterocycles. The molecular formula is C20H25N5O4S. The molecular weight excluding hydrogens is 406 g/mol. The van der Waals surface area contributed by atoms with Crippen LogP contribution < -0.4 is 5.32 Å². The van der Waals surface area contributed by atoms with Crippen molar-refractivity contribution in [3.05, 3.63) is 40.2 Å². The summed E-state index contributed by atoms with van der Waals surface area (Å²) in [6, 6.07) is 5.45. The van der Waals surface area contributed by atoms with Crippen molar-refractivity contribution in [3.63, 3.8) is 0 Å². The van der Waals surface area contributed by atoms with Crippen LogP contribution in [0.5, 0.6) is 0 Å². The summed E-state index contributed by atoms with van der Waals surface area (Å²) in [4.78, 5) is 32.9. The van der Waals surface area contributed by atoms with Crippen molar-refractivity contribution < 1.29 is 19.1 Å². The Morgan fingerprint density at radius 3 is 2.70 bits per heavy atom. The molecule has 0 aliphatic heterocycles. The normalized spacial score (nSPS) is 11.3. The monoisotopic (exact) mass is 431 g/mol. The average molecular weight is 432 g/mol. The van der Waals surface area contributed by atoms with Gasteiger partial charge in [0.1, 0.15) is 15.4 Å². The van der Waals surface area contributed by atoms with Gasteiger partial charge in [-0.1, -0.05) is 0 Å². The Bertz CT molecular complexity index is 1070. The summed E-state index contributed by atoms with van der Waals surface area (Å²) in [6.07, 6.45) is 0. The van der Waals surface area contributed by atoms with Gasteiger partial charge in [0.25, 0.3) is 5.91 Å². The fraction of sp³-hybridized carbons (Fsp3) is 0.400. The van der Waals surface area contributed by atoms with Gasteiger partial charge in [0.15, 0.2) is 0 Å². The van der Waals surface area contributed by atoms with Gasteiger partial charge in [-0.3, -0.25) is 14.4 Å². The summed E-state index contributed by atoms with van der Waals surface area (Å²) in [5, 5.41) is 7.74. The van der Waals surface area contributed by atoms with Gasteiger partial charge in [0.05, 0.1) is 30.8 Å². The highest BCUT2D eigenvalue weighted by molar-refractivity contribution is 7.21. The Balaban J connectivity index is 1.94. The Kier molecular flexibility index (Phi) is 6.80. The molecule has 3 aromatic rings. The summed E-state index contributed by atoms with van der Waals surface area (Å²) < 4.78 is 11.5. The third-order valence-electron chi connectivity index (χ3n) is 4.57. The largest absolute Gasteiger partial charge is 0.465 e. The van der Waals surface area contributed by atoms with Gasteiger partial charge in [-0.05, 0) is 32.2 Å². The van der Waals surface area contributed by atoms with Crippen LogP contribution in [0.1, 0.15) is 31.5 Å². The fourth-order valence-corrected chi connectivity index (χ4v) is 4.13. The van der Waals surface area contributed by atoms with E-state index in [4.69, 9.17) is 9.47 Å². The second-order valence-electron chi connectivity index (χ2n) is 6.93. The number of ether oxygens (including phenoxy) is 2. The Hall–Kier alpha value is -2.82. The van der Waals surface area contributed by atoms with Crippen molar-refractivity contribution in [2.24, 2.45) is 7.05 Å². The number of carbonyl (C=O) groups excluding carboxylic acids is 2. The first-order valence-corrected chi connectivity index (χ1v) is 10.2. The number of aryl methyl sites for hydroxylation is 2. The minimum atomic E-state index is -0.520. The van der Waals surface area contributed by atoms with E-state index in [1.807, 2.05) is 26.1 Å². The number of pyridine rings is 1. The number of amides is 1. The number of methoxy groups -OCH3 is 2. The van der Waals surface area contributed by atoms with Gasteiger partial charge in [0.2, 0.25) is 0 Å². The molecule has 3 rings (SSSR count). The van der Waals surface area contributed by atoms with Gasteiger partial charge < -0.3 is 14.8 Å². The maximum absolute atomic E-state index is 12.8. The lowest BCUT2D eigenvalue weighted by Crippen LogP contribution is -2.22. The van der Waals surface area contributed by atoms with Gasteiger partial charge in [0, 0.05) is 32.6 Å². The van der Waals surface area contributed by atoms with Gasteiger partial charge in [-0.2, -0.15) is 5.10 Å². The first-order valence-electron chi connectivity index (χ1n) is 9.34. The lowest BCUT2D eigenvalue weighted by Gasteiger charge is -2.15. The second-order valence-corrected chi connectivity index (χ2v) is 7.93. The summed E-state index contributed by atoms with van der Waals surface area (Å²) in [7, 11) is 6.66. The predicted octanol–water partition coefficient (Wildman–Crippen LogP) is 2.46. The van der Waals surface area contributed by atoms with Gasteiger partial charge in [-0.15, -0.1) is 11.3 Å². The van der Waals surface area contributed by atoms with Crippen LogP contribution in [0.3, 0.4) is 0 Å². The van der Waals surface area contributed by atoms with E-state index < -0.39 is 5.97 Å². The summed E-state index contributed by atoms with van der Waals surface area (Å²) in [6.45, 7) is 3.86. The molecule has 0 saturated carbocycles. The minimum Gasteiger partial charge on any atom is -0.465 e. The molecule has 0 fully saturated rings. The highest BCUT2D eigenvalue weighted by Crippen LogP contribution is 2.36. The van der Waals surface area contributed by atoms with Crippen molar-refractivity contribution in [3.8, 4) is 0 Å². The molecule has 3 heterocycles. The van der Waals surface area contributed by atoms with Crippen LogP contribution in [0.25, 0.3) is 10.2 Å². The molecule has 0 aromatic carbocycles. The van der Waals surface area contributed by atoms with E-state index in [9.17, 15) is 9.59 Å². The van der Waals surface area contributed by atoms with E-state index in [0.29, 0.717) is 39.6 Å². The van der Waals surface area contributed by atoms with Crippen molar-refractivity contribution in [2.75, 3.05) is 39.7 Å². The van der Waals surface area contributed by atoms with Crippen LogP contribution in [0, 0.1) is 6.92 Å². The zero-order valence-electron chi connectivity index (χ0n) is 17.7. The summed E-state index contributed by atoms with van der Waals surface area (Å²) in [5.74, 6) is -0.875. The van der Waals surface area contributed by atoms with Crippen LogP contribution >= 0.6 is 11.3 Å². The molecule has 0 spiro atoms.